The quantitative estimate of drug-likeness (QED) is 0.0297. The Bertz CT molecular complexity index is 2850. The molecule has 6 heterocycles. The van der Waals surface area contributed by atoms with Crippen LogP contribution in [0.2, 0.25) is 0 Å². The Kier molecular flexibility index (Phi) is 22.0. The second-order valence-corrected chi connectivity index (χ2v) is 31.2. The largest absolute Gasteiger partial charge is 0.479 e. The molecule has 98 heavy (non-hydrogen) atoms. The van der Waals surface area contributed by atoms with E-state index in [-0.39, 0.29) is 25.2 Å². The average Bonchev–Trinajstić information content (AvgIpc) is 0.671. The van der Waals surface area contributed by atoms with E-state index in [0.717, 1.165) is 11.9 Å². The molecule has 6 aliphatic heterocycles. The number of hydrogen-bond acceptors (Lipinski definition) is 32. The maximum Gasteiger partial charge on any atom is 0.335 e. The third-order valence-corrected chi connectivity index (χ3v) is 25.1. The number of carboxylic acids is 1. The van der Waals surface area contributed by atoms with E-state index in [1.165, 1.54) is 13.8 Å². The van der Waals surface area contributed by atoms with Crippen LogP contribution in [0.25, 0.3) is 0 Å². The summed E-state index contributed by atoms with van der Waals surface area (Å²) in [4.78, 5) is 42.9. The summed E-state index contributed by atoms with van der Waals surface area (Å²) in [6.45, 7) is 12.7. The zero-order chi connectivity index (χ0) is 71.7. The minimum absolute atomic E-state index is 0.0401. The molecule has 560 valence electrons. The highest BCUT2D eigenvalue weighted by Crippen LogP contribution is 2.76. The van der Waals surface area contributed by atoms with Crippen molar-refractivity contribution < 1.29 is 163 Å². The zero-order valence-corrected chi connectivity index (χ0v) is 55.9. The van der Waals surface area contributed by atoms with Crippen molar-refractivity contribution in [3.05, 3.63) is 11.6 Å². The molecule has 11 rings (SSSR count). The molecule has 5 aliphatic carbocycles. The molecular weight excluding hydrogens is 1310 g/mol. The number of carbonyl (C=O) groups excluding carboxylic acids is 2. The Balaban J connectivity index is 0.875. The van der Waals surface area contributed by atoms with Gasteiger partial charge in [0.05, 0.1) is 49.7 Å². The number of ether oxygens (including phenoxy) is 12. The maximum absolute atomic E-state index is 15.7. The lowest BCUT2D eigenvalue weighted by Gasteiger charge is -2.71. The number of fused-ring (bicyclic) bond motifs is 7. The van der Waals surface area contributed by atoms with Gasteiger partial charge in [0.1, 0.15) is 134 Å². The smallest absolute Gasteiger partial charge is 0.335 e. The van der Waals surface area contributed by atoms with Gasteiger partial charge in [-0.2, -0.15) is 0 Å². The SMILES string of the molecule is C[C@@H]1O[C@@H](OC(=O)[C@]23CCC(C)(C)C[C@H]2C2=CC[C@@H]4[C@@]5(C)CC[C@H](O[C@@H]6O[C@H](C(=O)O)[C@@H](O)[C@H](O[C@@H]7OC[C@@H](O)[C@H](O)[C@H]7O)[C@H]6O[C@@H]6O[C@H](CO)[C@H](O)[C@H](O)[C@H]6O)[C@@](C)(C=O)[C@@H]5CC[C@@]4(C)[C@]2(C)C[C@H]3O)[C@H](O)[C@H](O[C@@H]2O[C@H](CO)[C@@H](O)[C@H](O)[C@H]2O)[C@H]1O[C@@H]1O[C@H](C)[C@H](O)[C@H](O)[C@H]1O. The number of esters is 1. The fraction of sp³-hybridized carbons (Fsp3) is 0.923. The topological polar surface area (TPSA) is 526 Å². The molecule has 39 atom stereocenters. The van der Waals surface area contributed by atoms with E-state index in [1.807, 2.05) is 0 Å². The predicted molar refractivity (Wildman–Crippen MR) is 322 cm³/mol. The van der Waals surface area contributed by atoms with Crippen molar-refractivity contribution in [1.82, 2.24) is 0 Å². The van der Waals surface area contributed by atoms with Crippen molar-refractivity contribution in [2.45, 2.75) is 304 Å². The van der Waals surface area contributed by atoms with Gasteiger partial charge >= 0.3 is 11.9 Å². The summed E-state index contributed by atoms with van der Waals surface area (Å²) in [5.41, 5.74) is -4.79. The zero-order valence-electron chi connectivity index (χ0n) is 55.9. The summed E-state index contributed by atoms with van der Waals surface area (Å²) in [6, 6.07) is 0. The average molecular weight is 1410 g/mol. The van der Waals surface area contributed by atoms with Gasteiger partial charge < -0.3 is 154 Å². The first-order valence-corrected chi connectivity index (χ1v) is 34.1. The van der Waals surface area contributed by atoms with Crippen LogP contribution >= 0.6 is 0 Å². The molecule has 0 amide bonds. The van der Waals surface area contributed by atoms with Gasteiger partial charge in [0.15, 0.2) is 37.6 Å². The molecule has 6 saturated heterocycles. The molecule has 0 radical (unpaired) electrons. The molecule has 0 aromatic heterocycles. The summed E-state index contributed by atoms with van der Waals surface area (Å²) in [5, 5.41) is 197. The Labute approximate surface area is 564 Å². The second-order valence-electron chi connectivity index (χ2n) is 31.2. The fourth-order valence-corrected chi connectivity index (χ4v) is 19.0. The van der Waals surface area contributed by atoms with E-state index in [4.69, 9.17) is 56.8 Å². The minimum Gasteiger partial charge on any atom is -0.479 e. The van der Waals surface area contributed by atoms with Crippen molar-refractivity contribution in [1.29, 1.82) is 0 Å². The summed E-state index contributed by atoms with van der Waals surface area (Å²) in [7, 11) is 0. The summed E-state index contributed by atoms with van der Waals surface area (Å²) >= 11 is 0. The van der Waals surface area contributed by atoms with Crippen molar-refractivity contribution in [3.8, 4) is 0 Å². The molecule has 4 saturated carbocycles. The van der Waals surface area contributed by atoms with Crippen LogP contribution in [0, 0.1) is 50.2 Å². The van der Waals surface area contributed by atoms with Crippen molar-refractivity contribution in [2.75, 3.05) is 19.8 Å². The summed E-state index contributed by atoms with van der Waals surface area (Å²) in [5.74, 6) is -4.05. The van der Waals surface area contributed by atoms with Gasteiger partial charge in [0.2, 0.25) is 6.29 Å². The van der Waals surface area contributed by atoms with Crippen LogP contribution in [0.5, 0.6) is 0 Å². The third-order valence-electron chi connectivity index (χ3n) is 25.1. The highest BCUT2D eigenvalue weighted by molar-refractivity contribution is 5.80. The van der Waals surface area contributed by atoms with E-state index in [9.17, 15) is 102 Å². The molecule has 33 nitrogen and oxygen atoms in total. The van der Waals surface area contributed by atoms with Crippen LogP contribution < -0.4 is 0 Å². The first-order valence-electron chi connectivity index (χ1n) is 34.1. The first-order chi connectivity index (χ1) is 45.9. The van der Waals surface area contributed by atoms with Crippen LogP contribution in [-0.4, -0.2) is 320 Å². The normalized spacial score (nSPS) is 54.9. The molecular formula is C65H102O33. The summed E-state index contributed by atoms with van der Waals surface area (Å²) < 4.78 is 72.4. The van der Waals surface area contributed by atoms with Gasteiger partial charge in [-0.05, 0) is 111 Å². The number of hydrogen-bond donors (Lipinski definition) is 18. The van der Waals surface area contributed by atoms with Crippen molar-refractivity contribution in [3.63, 3.8) is 0 Å². The molecule has 0 aromatic rings. The molecule has 0 spiro atoms. The minimum atomic E-state index is -2.22. The van der Waals surface area contributed by atoms with Crippen LogP contribution in [-0.2, 0) is 71.2 Å². The highest BCUT2D eigenvalue weighted by Gasteiger charge is 2.73. The van der Waals surface area contributed by atoms with E-state index in [1.54, 1.807) is 6.92 Å². The van der Waals surface area contributed by atoms with Gasteiger partial charge in [-0.1, -0.05) is 53.2 Å². The number of aliphatic hydroxyl groups is 17. The number of aliphatic carboxylic acids is 1. The van der Waals surface area contributed by atoms with Gasteiger partial charge in [-0.3, -0.25) is 4.79 Å². The van der Waals surface area contributed by atoms with Gasteiger partial charge in [-0.15, -0.1) is 0 Å². The lowest BCUT2D eigenvalue weighted by molar-refractivity contribution is -0.391. The van der Waals surface area contributed by atoms with Gasteiger partial charge in [-0.25, -0.2) is 4.79 Å². The van der Waals surface area contributed by atoms with Crippen molar-refractivity contribution in [2.24, 2.45) is 50.2 Å². The van der Waals surface area contributed by atoms with E-state index >= 15 is 4.79 Å². The number of carbonyl (C=O) groups is 3. The third kappa shape index (κ3) is 12.7. The van der Waals surface area contributed by atoms with E-state index in [2.05, 4.69) is 40.7 Å². The Morgan fingerprint density at radius 1 is 0.531 bits per heavy atom. The Hall–Kier alpha value is -2.77. The molecule has 18 N–H and O–H groups in total. The van der Waals surface area contributed by atoms with E-state index < -0.39 is 266 Å². The Morgan fingerprint density at radius 2 is 1.07 bits per heavy atom. The number of allylic oxidation sites excluding steroid dienone is 2. The molecule has 33 heteroatoms. The molecule has 10 fully saturated rings. The van der Waals surface area contributed by atoms with Crippen LogP contribution in [0.15, 0.2) is 11.6 Å². The molecule has 0 unspecified atom stereocenters. The first kappa shape index (κ1) is 76.4. The predicted octanol–water partition coefficient (Wildman–Crippen LogP) is -5.45. The number of carboxylic acid groups (broad SMARTS) is 1. The lowest BCUT2D eigenvalue weighted by atomic mass is 9.33. The second kappa shape index (κ2) is 28.3. The number of aldehydes is 1. The molecule has 11 aliphatic rings. The monoisotopic (exact) mass is 1410 g/mol. The van der Waals surface area contributed by atoms with Gasteiger partial charge in [0.25, 0.3) is 0 Å². The van der Waals surface area contributed by atoms with Crippen LogP contribution in [0.3, 0.4) is 0 Å². The van der Waals surface area contributed by atoms with Gasteiger partial charge in [0, 0.05) is 0 Å². The van der Waals surface area contributed by atoms with Crippen molar-refractivity contribution >= 4 is 18.2 Å². The standard InChI is InChI=1S/C65H102O33/c1-23-34(71)38(75)42(79)54(88-23)93-47-24(2)89-57(46(83)49(47)95-55-43(80)39(76)36(73)28(19-66)90-55)98-59(86)65-16-15-60(3,4)17-26(65)25-9-10-31-61(5)13-12-33(62(6,22-68)30(61)11-14-63(31,7)64(25,8)18-32(65)70)92-58-51(97-56-44(81)40(77)37(74)29(20-67)91-56)48(45(82)50(96-58)52(84)85)94-53-41(78)35(72)27(69)21-87-53/h9,22-24,26-51,53-58,66-67,69-83H,10-21H2,1-8H3,(H,84,85)/t23-,24+,26+,27-,28-,29-,30-,31-,32-,33+,34+,35+,36-,37+,38+,39+,40+,41-,42-,43-,44-,45+,46-,47+,48+,49+,50+,51-,53+,54+,55+,56+,57+,58-,61+,62+,63-,64-,65-/m1/s1. The molecule has 0 aromatic carbocycles. The number of aliphatic hydroxyl groups excluding tert-OH is 17. The molecule has 0 bridgehead atoms. The summed E-state index contributed by atoms with van der Waals surface area (Å²) in [6.07, 6.45) is -49.6. The highest BCUT2D eigenvalue weighted by atomic mass is 16.8. The van der Waals surface area contributed by atoms with E-state index in [0.29, 0.717) is 38.5 Å². The number of rotatable bonds is 16. The fourth-order valence-electron chi connectivity index (χ4n) is 19.0. The Morgan fingerprint density at radius 3 is 1.66 bits per heavy atom. The van der Waals surface area contributed by atoms with Crippen LogP contribution in [0.4, 0.5) is 0 Å². The maximum atomic E-state index is 15.7. The van der Waals surface area contributed by atoms with Crippen LogP contribution in [0.1, 0.15) is 113 Å². The lowest BCUT2D eigenvalue weighted by Crippen LogP contribution is -2.69.